The molecule has 2 heterocycles. The smallest absolute Gasteiger partial charge is 0.226 e. The molecule has 0 aliphatic carbocycles. The molecule has 0 saturated carbocycles. The van der Waals surface area contributed by atoms with Crippen molar-refractivity contribution in [3.8, 4) is 0 Å². The van der Waals surface area contributed by atoms with Crippen molar-refractivity contribution in [3.05, 3.63) is 59.4 Å². The summed E-state index contributed by atoms with van der Waals surface area (Å²) in [5.74, 6) is -0.631. The predicted octanol–water partition coefficient (Wildman–Crippen LogP) is 4.29. The van der Waals surface area contributed by atoms with Gasteiger partial charge in [-0.2, -0.15) is 0 Å². The number of anilines is 2. The van der Waals surface area contributed by atoms with Gasteiger partial charge in [0.25, 0.3) is 0 Å². The molecule has 1 saturated heterocycles. The molecule has 0 radical (unpaired) electrons. The summed E-state index contributed by atoms with van der Waals surface area (Å²) in [5.41, 5.74) is 3.55. The van der Waals surface area contributed by atoms with Gasteiger partial charge in [0.1, 0.15) is 5.82 Å². The van der Waals surface area contributed by atoms with Gasteiger partial charge in [0.2, 0.25) is 11.8 Å². The van der Waals surface area contributed by atoms with Crippen LogP contribution in [0.4, 0.5) is 15.8 Å². The number of benzene rings is 2. The summed E-state index contributed by atoms with van der Waals surface area (Å²) in [6.45, 7) is 3.95. The number of hydrogen-bond acceptors (Lipinski definition) is 3. The number of hydrogen-bond donors (Lipinski definition) is 1. The number of amides is 2. The second kappa shape index (κ2) is 8.86. The maximum absolute atomic E-state index is 14.0. The van der Waals surface area contributed by atoms with Gasteiger partial charge in [-0.25, -0.2) is 4.39 Å². The number of nitrogens with zero attached hydrogens (tertiary/aromatic N) is 2. The molecule has 1 atom stereocenters. The van der Waals surface area contributed by atoms with E-state index in [0.29, 0.717) is 12.2 Å². The van der Waals surface area contributed by atoms with Gasteiger partial charge in [0, 0.05) is 26.6 Å². The standard InChI is InChI=1S/C24H28FN3O2/c1-17(29)28-14-11-18-7-3-4-8-20(18)23(28)16-24(30)26-21-15-19(25)9-10-22(21)27-12-5-2-6-13-27/h3-4,7-10,15,23H,2,5-6,11-14,16H2,1H3,(H,26,30). The average Bonchev–Trinajstić information content (AvgIpc) is 2.74. The zero-order valence-corrected chi connectivity index (χ0v) is 17.4. The van der Waals surface area contributed by atoms with Crippen LogP contribution in [0.5, 0.6) is 0 Å². The number of nitrogens with one attached hydrogen (secondary N) is 1. The lowest BCUT2D eigenvalue weighted by Crippen LogP contribution is -2.40. The van der Waals surface area contributed by atoms with Crippen LogP contribution in [0.25, 0.3) is 0 Å². The Labute approximate surface area is 176 Å². The summed E-state index contributed by atoms with van der Waals surface area (Å²) in [5, 5.41) is 2.93. The molecule has 30 heavy (non-hydrogen) atoms. The summed E-state index contributed by atoms with van der Waals surface area (Å²) in [6.07, 6.45) is 4.32. The first-order valence-electron chi connectivity index (χ1n) is 10.7. The van der Waals surface area contributed by atoms with E-state index in [1.165, 1.54) is 24.1 Å². The molecule has 0 aromatic heterocycles. The van der Waals surface area contributed by atoms with E-state index < -0.39 is 0 Å². The Morgan fingerprint density at radius 1 is 1.07 bits per heavy atom. The SMILES string of the molecule is CC(=O)N1CCc2ccccc2C1CC(=O)Nc1cc(F)ccc1N1CCCCC1. The summed E-state index contributed by atoms with van der Waals surface area (Å²) in [4.78, 5) is 29.2. The van der Waals surface area contributed by atoms with Crippen molar-refractivity contribution >= 4 is 23.2 Å². The summed E-state index contributed by atoms with van der Waals surface area (Å²) in [7, 11) is 0. The molecule has 6 heteroatoms. The van der Waals surface area contributed by atoms with Gasteiger partial charge < -0.3 is 15.1 Å². The van der Waals surface area contributed by atoms with E-state index in [2.05, 4.69) is 16.3 Å². The van der Waals surface area contributed by atoms with Crippen molar-refractivity contribution in [1.29, 1.82) is 0 Å². The minimum atomic E-state index is -0.376. The molecule has 2 aromatic carbocycles. The number of piperidine rings is 1. The Kier molecular flexibility index (Phi) is 6.02. The molecule has 5 nitrogen and oxygen atoms in total. The van der Waals surface area contributed by atoms with Crippen molar-refractivity contribution in [2.24, 2.45) is 0 Å². The third-order valence-corrected chi connectivity index (χ3v) is 6.13. The molecule has 4 rings (SSSR count). The topological polar surface area (TPSA) is 52.7 Å². The third-order valence-electron chi connectivity index (χ3n) is 6.13. The number of carbonyl (C=O) groups is 2. The van der Waals surface area contributed by atoms with Crippen LogP contribution in [0.3, 0.4) is 0 Å². The maximum Gasteiger partial charge on any atom is 0.226 e. The monoisotopic (exact) mass is 409 g/mol. The van der Waals surface area contributed by atoms with Crippen LogP contribution in [0.2, 0.25) is 0 Å². The van der Waals surface area contributed by atoms with Gasteiger partial charge in [-0.15, -0.1) is 0 Å². The Morgan fingerprint density at radius 3 is 2.60 bits per heavy atom. The molecule has 158 valence electrons. The zero-order valence-electron chi connectivity index (χ0n) is 17.4. The molecule has 2 amide bonds. The highest BCUT2D eigenvalue weighted by Gasteiger charge is 2.31. The maximum atomic E-state index is 14.0. The Morgan fingerprint density at radius 2 is 1.83 bits per heavy atom. The fourth-order valence-electron chi connectivity index (χ4n) is 4.64. The largest absolute Gasteiger partial charge is 0.370 e. The van der Waals surface area contributed by atoms with Crippen LogP contribution in [0.15, 0.2) is 42.5 Å². The highest BCUT2D eigenvalue weighted by Crippen LogP contribution is 2.34. The molecule has 2 aromatic rings. The first-order chi connectivity index (χ1) is 14.5. The molecule has 1 fully saturated rings. The number of rotatable bonds is 4. The molecular weight excluding hydrogens is 381 g/mol. The van der Waals surface area contributed by atoms with Gasteiger partial charge in [0.15, 0.2) is 0 Å². The van der Waals surface area contributed by atoms with E-state index >= 15 is 0 Å². The fraction of sp³-hybridized carbons (Fsp3) is 0.417. The molecular formula is C24H28FN3O2. The number of carbonyl (C=O) groups excluding carboxylic acids is 2. The first-order valence-corrected chi connectivity index (χ1v) is 10.7. The van der Waals surface area contributed by atoms with Gasteiger partial charge in [0.05, 0.1) is 23.8 Å². The van der Waals surface area contributed by atoms with Crippen molar-refractivity contribution in [2.45, 2.75) is 45.1 Å². The lowest BCUT2D eigenvalue weighted by atomic mass is 9.90. The first kappa shape index (κ1) is 20.4. The Hall–Kier alpha value is -2.89. The van der Waals surface area contributed by atoms with Crippen molar-refractivity contribution in [1.82, 2.24) is 4.90 Å². The summed E-state index contributed by atoms with van der Waals surface area (Å²) in [6, 6.07) is 12.2. The predicted molar refractivity (Wildman–Crippen MR) is 116 cm³/mol. The molecule has 0 bridgehead atoms. The van der Waals surface area contributed by atoms with E-state index in [0.717, 1.165) is 43.6 Å². The van der Waals surface area contributed by atoms with Gasteiger partial charge in [-0.3, -0.25) is 9.59 Å². The van der Waals surface area contributed by atoms with E-state index in [-0.39, 0.29) is 30.1 Å². The second-order valence-electron chi connectivity index (χ2n) is 8.14. The molecule has 2 aliphatic heterocycles. The van der Waals surface area contributed by atoms with Crippen LogP contribution < -0.4 is 10.2 Å². The normalized spacial score (nSPS) is 18.7. The van der Waals surface area contributed by atoms with Gasteiger partial charge in [-0.1, -0.05) is 24.3 Å². The average molecular weight is 410 g/mol. The quantitative estimate of drug-likeness (QED) is 0.820. The van der Waals surface area contributed by atoms with Gasteiger partial charge in [-0.05, 0) is 55.0 Å². The van der Waals surface area contributed by atoms with Crippen molar-refractivity contribution in [2.75, 3.05) is 29.9 Å². The Bertz CT molecular complexity index is 940. The number of halogens is 1. The van der Waals surface area contributed by atoms with E-state index in [9.17, 15) is 14.0 Å². The lowest BCUT2D eigenvalue weighted by Gasteiger charge is -2.36. The third kappa shape index (κ3) is 4.32. The highest BCUT2D eigenvalue weighted by molar-refractivity contribution is 5.95. The summed E-state index contributed by atoms with van der Waals surface area (Å²) >= 11 is 0. The minimum Gasteiger partial charge on any atom is -0.370 e. The van der Waals surface area contributed by atoms with Crippen LogP contribution in [0, 0.1) is 5.82 Å². The van der Waals surface area contributed by atoms with Crippen LogP contribution >= 0.6 is 0 Å². The van der Waals surface area contributed by atoms with Crippen LogP contribution in [-0.2, 0) is 16.0 Å². The minimum absolute atomic E-state index is 0.0398. The molecule has 1 unspecified atom stereocenters. The van der Waals surface area contributed by atoms with Crippen molar-refractivity contribution in [3.63, 3.8) is 0 Å². The van der Waals surface area contributed by atoms with E-state index in [1.807, 2.05) is 18.2 Å². The molecule has 1 N–H and O–H groups in total. The zero-order chi connectivity index (χ0) is 21.1. The Balaban J connectivity index is 1.56. The molecule has 2 aliphatic rings. The van der Waals surface area contributed by atoms with Crippen molar-refractivity contribution < 1.29 is 14.0 Å². The van der Waals surface area contributed by atoms with E-state index in [4.69, 9.17) is 0 Å². The lowest BCUT2D eigenvalue weighted by molar-refractivity contribution is -0.132. The number of fused-ring (bicyclic) bond motifs is 1. The van der Waals surface area contributed by atoms with Gasteiger partial charge >= 0.3 is 0 Å². The summed E-state index contributed by atoms with van der Waals surface area (Å²) < 4.78 is 14.0. The van der Waals surface area contributed by atoms with E-state index in [1.54, 1.807) is 17.9 Å². The highest BCUT2D eigenvalue weighted by atomic mass is 19.1. The molecule has 0 spiro atoms. The van der Waals surface area contributed by atoms with Crippen LogP contribution in [-0.4, -0.2) is 36.3 Å². The second-order valence-corrected chi connectivity index (χ2v) is 8.14. The fourth-order valence-corrected chi connectivity index (χ4v) is 4.64. The van der Waals surface area contributed by atoms with Crippen LogP contribution in [0.1, 0.15) is 49.8 Å².